The third-order valence-corrected chi connectivity index (χ3v) is 4.15. The SMILES string of the molecule is CSc1ccc(NC(=O)/C=C/C=C/c2ccc3c(c2)OCO3)cc1. The van der Waals surface area contributed by atoms with Gasteiger partial charge in [0.05, 0.1) is 0 Å². The minimum atomic E-state index is -0.165. The number of ether oxygens (including phenoxy) is 2. The van der Waals surface area contributed by atoms with Crippen LogP contribution in [0.4, 0.5) is 5.69 Å². The molecule has 3 rings (SSSR count). The fraction of sp³-hybridized carbons (Fsp3) is 0.105. The highest BCUT2D eigenvalue weighted by molar-refractivity contribution is 7.98. The molecule has 2 aromatic carbocycles. The minimum absolute atomic E-state index is 0.165. The lowest BCUT2D eigenvalue weighted by Crippen LogP contribution is -2.07. The summed E-state index contributed by atoms with van der Waals surface area (Å²) in [6, 6.07) is 13.4. The highest BCUT2D eigenvalue weighted by atomic mass is 32.2. The summed E-state index contributed by atoms with van der Waals surface area (Å²) in [5.41, 5.74) is 1.76. The van der Waals surface area contributed by atoms with Crippen molar-refractivity contribution in [2.75, 3.05) is 18.4 Å². The maximum absolute atomic E-state index is 11.9. The summed E-state index contributed by atoms with van der Waals surface area (Å²) >= 11 is 1.67. The minimum Gasteiger partial charge on any atom is -0.454 e. The van der Waals surface area contributed by atoms with E-state index in [1.807, 2.05) is 60.9 Å². The molecule has 4 nitrogen and oxygen atoms in total. The van der Waals surface area contributed by atoms with Crippen LogP contribution in [0.15, 0.2) is 65.6 Å². The fourth-order valence-electron chi connectivity index (χ4n) is 2.18. The van der Waals surface area contributed by atoms with Crippen molar-refractivity contribution in [3.8, 4) is 11.5 Å². The highest BCUT2D eigenvalue weighted by Gasteiger charge is 2.11. The Morgan fingerprint density at radius 2 is 1.88 bits per heavy atom. The molecule has 122 valence electrons. The van der Waals surface area contributed by atoms with Crippen molar-refractivity contribution in [1.29, 1.82) is 0 Å². The quantitative estimate of drug-likeness (QED) is 0.500. The molecule has 1 aliphatic rings. The number of thioether (sulfide) groups is 1. The summed E-state index contributed by atoms with van der Waals surface area (Å²) in [6.07, 6.45) is 8.93. The Bertz CT molecular complexity index is 782. The third-order valence-electron chi connectivity index (χ3n) is 3.40. The second-order valence-corrected chi connectivity index (χ2v) is 5.93. The average Bonchev–Trinajstić information content (AvgIpc) is 3.07. The van der Waals surface area contributed by atoms with E-state index in [1.54, 1.807) is 17.8 Å². The second-order valence-electron chi connectivity index (χ2n) is 5.05. The van der Waals surface area contributed by atoms with E-state index in [2.05, 4.69) is 5.32 Å². The summed E-state index contributed by atoms with van der Waals surface area (Å²) in [5.74, 6) is 1.34. The summed E-state index contributed by atoms with van der Waals surface area (Å²) in [6.45, 7) is 0.264. The Balaban J connectivity index is 1.54. The van der Waals surface area contributed by atoms with Gasteiger partial charge in [-0.1, -0.05) is 24.3 Å². The van der Waals surface area contributed by atoms with Crippen LogP contribution in [0.1, 0.15) is 5.56 Å². The molecular weight excluding hydrogens is 322 g/mol. The fourth-order valence-corrected chi connectivity index (χ4v) is 2.59. The van der Waals surface area contributed by atoms with Crippen molar-refractivity contribution >= 4 is 29.4 Å². The Kier molecular flexibility index (Phi) is 5.23. The zero-order chi connectivity index (χ0) is 16.8. The topological polar surface area (TPSA) is 47.6 Å². The van der Waals surface area contributed by atoms with E-state index in [1.165, 1.54) is 6.08 Å². The Hall–Kier alpha value is -2.66. The number of benzene rings is 2. The zero-order valence-corrected chi connectivity index (χ0v) is 14.0. The van der Waals surface area contributed by atoms with E-state index in [9.17, 15) is 4.79 Å². The number of rotatable bonds is 5. The molecule has 1 heterocycles. The van der Waals surface area contributed by atoms with Crippen LogP contribution < -0.4 is 14.8 Å². The molecule has 1 N–H and O–H groups in total. The largest absolute Gasteiger partial charge is 0.454 e. The maximum Gasteiger partial charge on any atom is 0.248 e. The van der Waals surface area contributed by atoms with E-state index in [-0.39, 0.29) is 12.7 Å². The number of hydrogen-bond acceptors (Lipinski definition) is 4. The van der Waals surface area contributed by atoms with Crippen molar-refractivity contribution in [2.45, 2.75) is 4.90 Å². The van der Waals surface area contributed by atoms with Gasteiger partial charge in [0.25, 0.3) is 0 Å². The van der Waals surface area contributed by atoms with Gasteiger partial charge in [0, 0.05) is 16.7 Å². The molecule has 1 amide bonds. The molecule has 0 fully saturated rings. The lowest BCUT2D eigenvalue weighted by molar-refractivity contribution is -0.111. The molecule has 2 aromatic rings. The van der Waals surface area contributed by atoms with Crippen LogP contribution in [0.3, 0.4) is 0 Å². The van der Waals surface area contributed by atoms with Crippen LogP contribution in [-0.2, 0) is 4.79 Å². The van der Waals surface area contributed by atoms with Gasteiger partial charge in [0.1, 0.15) is 0 Å². The zero-order valence-electron chi connectivity index (χ0n) is 13.2. The summed E-state index contributed by atoms with van der Waals surface area (Å²) in [5, 5.41) is 2.82. The molecule has 0 unspecified atom stereocenters. The summed E-state index contributed by atoms with van der Waals surface area (Å²) in [7, 11) is 0. The number of fused-ring (bicyclic) bond motifs is 1. The number of carbonyl (C=O) groups is 1. The molecule has 5 heteroatoms. The molecule has 1 aliphatic heterocycles. The van der Waals surface area contributed by atoms with Crippen LogP contribution in [0, 0.1) is 0 Å². The smallest absolute Gasteiger partial charge is 0.248 e. The van der Waals surface area contributed by atoms with E-state index in [0.717, 1.165) is 27.6 Å². The van der Waals surface area contributed by atoms with Crippen LogP contribution in [0.5, 0.6) is 11.5 Å². The van der Waals surface area contributed by atoms with Gasteiger partial charge in [-0.2, -0.15) is 0 Å². The Labute approximate surface area is 145 Å². The van der Waals surface area contributed by atoms with Crippen molar-refractivity contribution < 1.29 is 14.3 Å². The predicted octanol–water partition coefficient (Wildman–Crippen LogP) is 4.35. The molecule has 0 saturated carbocycles. The van der Waals surface area contributed by atoms with E-state index in [4.69, 9.17) is 9.47 Å². The number of hydrogen-bond donors (Lipinski definition) is 1. The summed E-state index contributed by atoms with van der Waals surface area (Å²) in [4.78, 5) is 13.0. The van der Waals surface area contributed by atoms with Crippen molar-refractivity contribution in [2.24, 2.45) is 0 Å². The second kappa shape index (κ2) is 7.75. The number of amides is 1. The van der Waals surface area contributed by atoms with Gasteiger partial charge in [0.15, 0.2) is 11.5 Å². The van der Waals surface area contributed by atoms with Gasteiger partial charge in [-0.15, -0.1) is 11.8 Å². The number of carbonyl (C=O) groups excluding carboxylic acids is 1. The lowest BCUT2D eigenvalue weighted by Gasteiger charge is -2.02. The highest BCUT2D eigenvalue weighted by Crippen LogP contribution is 2.32. The van der Waals surface area contributed by atoms with Gasteiger partial charge >= 0.3 is 0 Å². The normalized spacial score (nSPS) is 12.9. The van der Waals surface area contributed by atoms with E-state index in [0.29, 0.717) is 0 Å². The van der Waals surface area contributed by atoms with E-state index >= 15 is 0 Å². The van der Waals surface area contributed by atoms with Crippen molar-refractivity contribution in [3.05, 3.63) is 66.3 Å². The van der Waals surface area contributed by atoms with Crippen molar-refractivity contribution in [3.63, 3.8) is 0 Å². The van der Waals surface area contributed by atoms with Crippen LogP contribution >= 0.6 is 11.8 Å². The molecule has 0 atom stereocenters. The first-order valence-corrected chi connectivity index (χ1v) is 8.66. The van der Waals surface area contributed by atoms with Crippen LogP contribution in [0.2, 0.25) is 0 Å². The monoisotopic (exact) mass is 339 g/mol. The number of anilines is 1. The first-order valence-electron chi connectivity index (χ1n) is 7.44. The number of nitrogens with one attached hydrogen (secondary N) is 1. The molecule has 0 saturated heterocycles. The maximum atomic E-state index is 11.9. The molecule has 24 heavy (non-hydrogen) atoms. The molecule has 0 aliphatic carbocycles. The molecule has 0 aromatic heterocycles. The van der Waals surface area contributed by atoms with Gasteiger partial charge < -0.3 is 14.8 Å². The molecule has 0 bridgehead atoms. The van der Waals surface area contributed by atoms with Gasteiger partial charge in [-0.25, -0.2) is 0 Å². The Morgan fingerprint density at radius 3 is 2.67 bits per heavy atom. The Morgan fingerprint density at radius 1 is 1.08 bits per heavy atom. The predicted molar refractivity (Wildman–Crippen MR) is 97.6 cm³/mol. The molecule has 0 radical (unpaired) electrons. The lowest BCUT2D eigenvalue weighted by atomic mass is 10.2. The third kappa shape index (κ3) is 4.20. The first-order chi connectivity index (χ1) is 11.7. The van der Waals surface area contributed by atoms with E-state index < -0.39 is 0 Å². The molecular formula is C19H17NO3S. The van der Waals surface area contributed by atoms with Gasteiger partial charge in [-0.3, -0.25) is 4.79 Å². The first kappa shape index (κ1) is 16.2. The van der Waals surface area contributed by atoms with Crippen LogP contribution in [0.25, 0.3) is 6.08 Å². The molecule has 0 spiro atoms. The van der Waals surface area contributed by atoms with Crippen molar-refractivity contribution in [1.82, 2.24) is 0 Å². The number of allylic oxidation sites excluding steroid dienone is 2. The van der Waals surface area contributed by atoms with Gasteiger partial charge in [0.2, 0.25) is 12.7 Å². The standard InChI is InChI=1S/C19H17NO3S/c1-24-16-9-7-15(8-10-16)20-19(21)5-3-2-4-14-6-11-17-18(12-14)23-13-22-17/h2-12H,13H2,1H3,(H,20,21)/b4-2+,5-3+. The average molecular weight is 339 g/mol. The summed E-state index contributed by atoms with van der Waals surface area (Å²) < 4.78 is 10.6. The van der Waals surface area contributed by atoms with Gasteiger partial charge in [-0.05, 0) is 48.2 Å². The van der Waals surface area contributed by atoms with Crippen LogP contribution in [-0.4, -0.2) is 19.0 Å².